The van der Waals surface area contributed by atoms with Crippen LogP contribution in [0.4, 0.5) is 11.8 Å². The van der Waals surface area contributed by atoms with E-state index in [-0.39, 0.29) is 5.97 Å². The quantitative estimate of drug-likeness (QED) is 0.190. The van der Waals surface area contributed by atoms with E-state index < -0.39 is 0 Å². The summed E-state index contributed by atoms with van der Waals surface area (Å²) in [5.74, 6) is 2.61. The molecule has 0 radical (unpaired) electrons. The highest BCUT2D eigenvalue weighted by Crippen LogP contribution is 2.28. The monoisotopic (exact) mass is 608 g/mol. The average molecular weight is 609 g/mol. The van der Waals surface area contributed by atoms with Crippen molar-refractivity contribution in [2.24, 2.45) is 0 Å². The molecule has 2 aromatic carbocycles. The van der Waals surface area contributed by atoms with Crippen LogP contribution in [0.1, 0.15) is 28.4 Å². The topological polar surface area (TPSA) is 104 Å². The van der Waals surface area contributed by atoms with E-state index in [1.54, 1.807) is 39.7 Å². The fraction of sp³-hybridized carbons (Fsp3) is 0.294. The van der Waals surface area contributed by atoms with Crippen molar-refractivity contribution in [2.75, 3.05) is 56.9 Å². The van der Waals surface area contributed by atoms with Crippen LogP contribution in [0.15, 0.2) is 79.4 Å². The molecule has 1 aliphatic heterocycles. The maximum Gasteiger partial charge on any atom is 0.339 e. The molecule has 1 fully saturated rings. The number of ether oxygens (including phenoxy) is 4. The van der Waals surface area contributed by atoms with Gasteiger partial charge in [-0.05, 0) is 48.4 Å². The number of rotatable bonds is 11. The molecule has 0 aliphatic carbocycles. The maximum absolute atomic E-state index is 12.6. The molecule has 4 heterocycles. The third-order valence-electron chi connectivity index (χ3n) is 7.67. The molecule has 6 rings (SSSR count). The van der Waals surface area contributed by atoms with Gasteiger partial charge in [0.1, 0.15) is 11.5 Å². The minimum Gasteiger partial charge on any atom is -0.497 e. The van der Waals surface area contributed by atoms with Crippen molar-refractivity contribution in [3.8, 4) is 22.8 Å². The number of hydrogen-bond acceptors (Lipinski definition) is 10. The van der Waals surface area contributed by atoms with Gasteiger partial charge in [0.05, 0.1) is 50.8 Å². The minimum atomic E-state index is -0.364. The Kier molecular flexibility index (Phi) is 9.06. The van der Waals surface area contributed by atoms with Crippen molar-refractivity contribution < 1.29 is 23.7 Å². The highest BCUT2D eigenvalue weighted by Gasteiger charge is 2.21. The summed E-state index contributed by atoms with van der Waals surface area (Å²) in [5, 5.41) is 0. The summed E-state index contributed by atoms with van der Waals surface area (Å²) in [6, 6.07) is 17.8. The molecular weight excluding hydrogens is 572 g/mol. The zero-order valence-electron chi connectivity index (χ0n) is 25.7. The normalized spacial score (nSPS) is 13.1. The summed E-state index contributed by atoms with van der Waals surface area (Å²) in [4.78, 5) is 31.5. The fourth-order valence-electron chi connectivity index (χ4n) is 5.29. The second-order valence-electron chi connectivity index (χ2n) is 10.6. The molecule has 0 spiro atoms. The predicted molar refractivity (Wildman–Crippen MR) is 171 cm³/mol. The number of morpholine rings is 1. The Bertz CT molecular complexity index is 1680. The molecule has 1 aliphatic rings. The third kappa shape index (κ3) is 6.83. The van der Waals surface area contributed by atoms with Gasteiger partial charge in [-0.15, -0.1) is 0 Å². The van der Waals surface area contributed by atoms with Crippen LogP contribution < -0.4 is 19.3 Å². The van der Waals surface area contributed by atoms with Crippen LogP contribution in [0.2, 0.25) is 0 Å². The molecule has 0 atom stereocenters. The standard InChI is InChI=1S/C34H36N6O5/c1-4-45-33(41)26-17-31-32(38-13-15-44-16-14-38)37-30(23-39(31)22-26)27-18-35-34(36-19-27)40(20-24-5-9-28(42-2)10-6-24)21-25-7-11-29(43-3)12-8-25/h5-12,17-19,22-23H,4,13-16,20-21H2,1-3H3. The molecule has 45 heavy (non-hydrogen) atoms. The smallest absolute Gasteiger partial charge is 0.339 e. The first-order valence-electron chi connectivity index (χ1n) is 14.9. The van der Waals surface area contributed by atoms with E-state index in [1.165, 1.54) is 0 Å². The van der Waals surface area contributed by atoms with Crippen LogP contribution in [0.3, 0.4) is 0 Å². The van der Waals surface area contributed by atoms with Gasteiger partial charge in [0.2, 0.25) is 5.95 Å². The molecule has 0 bridgehead atoms. The van der Waals surface area contributed by atoms with Crippen LogP contribution >= 0.6 is 0 Å². The summed E-state index contributed by atoms with van der Waals surface area (Å²) >= 11 is 0. The Morgan fingerprint density at radius 1 is 0.889 bits per heavy atom. The number of anilines is 2. The van der Waals surface area contributed by atoms with Crippen molar-refractivity contribution >= 4 is 23.3 Å². The predicted octanol–water partition coefficient (Wildman–Crippen LogP) is 5.03. The molecule has 1 saturated heterocycles. The number of fused-ring (bicyclic) bond motifs is 1. The van der Waals surface area contributed by atoms with Crippen molar-refractivity contribution in [1.82, 2.24) is 19.4 Å². The Hall–Kier alpha value is -5.16. The lowest BCUT2D eigenvalue weighted by Crippen LogP contribution is -2.37. The van der Waals surface area contributed by atoms with Crippen LogP contribution in [0.5, 0.6) is 11.5 Å². The summed E-state index contributed by atoms with van der Waals surface area (Å²) in [5.41, 5.74) is 4.96. The first kappa shape index (κ1) is 29.9. The van der Waals surface area contributed by atoms with E-state index in [0.717, 1.165) is 39.5 Å². The molecule has 0 N–H and O–H groups in total. The summed E-state index contributed by atoms with van der Waals surface area (Å²) in [7, 11) is 3.32. The van der Waals surface area contributed by atoms with Gasteiger partial charge < -0.3 is 33.1 Å². The van der Waals surface area contributed by atoms with Crippen molar-refractivity contribution in [1.29, 1.82) is 0 Å². The molecule has 11 heteroatoms. The highest BCUT2D eigenvalue weighted by atomic mass is 16.5. The van der Waals surface area contributed by atoms with E-state index in [2.05, 4.69) is 9.80 Å². The van der Waals surface area contributed by atoms with Crippen molar-refractivity contribution in [3.63, 3.8) is 0 Å². The molecular formula is C34H36N6O5. The number of benzene rings is 2. The number of aromatic nitrogens is 4. The summed E-state index contributed by atoms with van der Waals surface area (Å²) in [6.07, 6.45) is 7.27. The van der Waals surface area contributed by atoms with Gasteiger partial charge >= 0.3 is 5.97 Å². The first-order chi connectivity index (χ1) is 22.0. The number of methoxy groups -OCH3 is 2. The third-order valence-corrected chi connectivity index (χ3v) is 7.67. The van der Waals surface area contributed by atoms with Crippen molar-refractivity contribution in [3.05, 3.63) is 96.1 Å². The lowest BCUT2D eigenvalue weighted by atomic mass is 10.1. The number of hydrogen-bond donors (Lipinski definition) is 0. The Morgan fingerprint density at radius 2 is 1.49 bits per heavy atom. The molecule has 5 aromatic rings. The average Bonchev–Trinajstić information content (AvgIpc) is 3.53. The molecule has 0 unspecified atom stereocenters. The lowest BCUT2D eigenvalue weighted by molar-refractivity contribution is 0.0526. The van der Waals surface area contributed by atoms with Crippen LogP contribution in [-0.2, 0) is 22.6 Å². The number of nitrogens with zero attached hydrogens (tertiary/aromatic N) is 6. The first-order valence-corrected chi connectivity index (χ1v) is 14.9. The van der Waals surface area contributed by atoms with Gasteiger partial charge in [0.25, 0.3) is 0 Å². The van der Waals surface area contributed by atoms with Crippen molar-refractivity contribution in [2.45, 2.75) is 20.0 Å². The van der Waals surface area contributed by atoms with Gasteiger partial charge in [-0.3, -0.25) is 0 Å². The van der Waals surface area contributed by atoms with E-state index in [4.69, 9.17) is 33.9 Å². The van der Waals surface area contributed by atoms with E-state index in [1.807, 2.05) is 65.2 Å². The van der Waals surface area contributed by atoms with Gasteiger partial charge in [-0.25, -0.2) is 19.7 Å². The maximum atomic E-state index is 12.6. The molecule has 3 aromatic heterocycles. The van der Waals surface area contributed by atoms with E-state index in [9.17, 15) is 4.79 Å². The SMILES string of the molecule is CCOC(=O)c1cc2c(N3CCOCC3)nc(-c3cnc(N(Cc4ccc(OC)cc4)Cc4ccc(OC)cc4)nc3)cn2c1. The van der Waals surface area contributed by atoms with E-state index in [0.29, 0.717) is 63.2 Å². The van der Waals surface area contributed by atoms with Gasteiger partial charge in [-0.1, -0.05) is 24.3 Å². The second kappa shape index (κ2) is 13.6. The van der Waals surface area contributed by atoms with Gasteiger partial charge in [0, 0.05) is 56.5 Å². The molecule has 232 valence electrons. The van der Waals surface area contributed by atoms with Crippen LogP contribution in [0.25, 0.3) is 16.8 Å². The fourth-order valence-corrected chi connectivity index (χ4v) is 5.29. The van der Waals surface area contributed by atoms with Gasteiger partial charge in [0.15, 0.2) is 5.82 Å². The van der Waals surface area contributed by atoms with E-state index >= 15 is 0 Å². The zero-order valence-corrected chi connectivity index (χ0v) is 25.7. The summed E-state index contributed by atoms with van der Waals surface area (Å²) < 4.78 is 23.4. The highest BCUT2D eigenvalue weighted by molar-refractivity contribution is 5.92. The number of carbonyl (C=O) groups is 1. The summed E-state index contributed by atoms with van der Waals surface area (Å²) in [6.45, 7) is 5.93. The number of esters is 1. The molecule has 0 amide bonds. The minimum absolute atomic E-state index is 0.308. The largest absolute Gasteiger partial charge is 0.497 e. The Balaban J connectivity index is 1.33. The number of carbonyl (C=O) groups excluding carboxylic acids is 1. The Labute approximate surface area is 262 Å². The lowest BCUT2D eigenvalue weighted by Gasteiger charge is -2.28. The second-order valence-corrected chi connectivity index (χ2v) is 10.6. The molecule has 11 nitrogen and oxygen atoms in total. The van der Waals surface area contributed by atoms with Crippen LogP contribution in [0, 0.1) is 0 Å². The van der Waals surface area contributed by atoms with Crippen LogP contribution in [-0.4, -0.2) is 72.5 Å². The Morgan fingerprint density at radius 3 is 2.04 bits per heavy atom. The molecule has 0 saturated carbocycles. The zero-order chi connectivity index (χ0) is 31.2. The van der Waals surface area contributed by atoms with Gasteiger partial charge in [-0.2, -0.15) is 0 Å².